The number of likely N-dealkylation sites (tertiary alicyclic amines) is 1. The molecule has 1 saturated heterocycles. The molecule has 2 amide bonds. The number of amides is 2. The molecule has 1 aliphatic heterocycles. The standard InChI is InChI=1S/C20H27N5O/c1-16-8-9-17(14-22-16)23-20(26)25-12-5-7-19(10-13-25)24(2)15-18-6-3-4-11-21-18/h3-4,6,8-9,11,14,19H,5,7,10,12-13,15H2,1-2H3,(H,23,26). The van der Waals surface area contributed by atoms with Crippen molar-refractivity contribution in [2.24, 2.45) is 0 Å². The molecule has 138 valence electrons. The number of hydrogen-bond donors (Lipinski definition) is 1. The molecule has 1 fully saturated rings. The first-order valence-corrected chi connectivity index (χ1v) is 9.20. The molecule has 0 bridgehead atoms. The number of nitrogens with one attached hydrogen (secondary N) is 1. The lowest BCUT2D eigenvalue weighted by molar-refractivity contribution is 0.200. The predicted molar refractivity (Wildman–Crippen MR) is 103 cm³/mol. The fraction of sp³-hybridized carbons (Fsp3) is 0.450. The lowest BCUT2D eigenvalue weighted by Crippen LogP contribution is -2.37. The van der Waals surface area contributed by atoms with E-state index in [4.69, 9.17) is 0 Å². The number of aromatic nitrogens is 2. The number of urea groups is 1. The Labute approximate surface area is 155 Å². The van der Waals surface area contributed by atoms with E-state index in [1.54, 1.807) is 6.20 Å². The van der Waals surface area contributed by atoms with Gasteiger partial charge in [-0.05, 0) is 57.5 Å². The van der Waals surface area contributed by atoms with Gasteiger partial charge in [0.25, 0.3) is 0 Å². The van der Waals surface area contributed by atoms with Gasteiger partial charge in [0.05, 0.1) is 17.6 Å². The number of carbonyl (C=O) groups is 1. The molecule has 26 heavy (non-hydrogen) atoms. The fourth-order valence-electron chi connectivity index (χ4n) is 3.34. The van der Waals surface area contributed by atoms with E-state index >= 15 is 0 Å². The molecule has 0 radical (unpaired) electrons. The van der Waals surface area contributed by atoms with E-state index in [0.29, 0.717) is 6.04 Å². The third-order valence-electron chi connectivity index (χ3n) is 4.91. The first-order valence-electron chi connectivity index (χ1n) is 9.20. The SMILES string of the molecule is Cc1ccc(NC(=O)N2CCCC(N(C)Cc3ccccn3)CC2)cn1. The van der Waals surface area contributed by atoms with E-state index in [1.165, 1.54) is 0 Å². The minimum absolute atomic E-state index is 0.0383. The summed E-state index contributed by atoms with van der Waals surface area (Å²) >= 11 is 0. The largest absolute Gasteiger partial charge is 0.324 e. The highest BCUT2D eigenvalue weighted by Crippen LogP contribution is 2.18. The van der Waals surface area contributed by atoms with Gasteiger partial charge in [0, 0.05) is 37.6 Å². The van der Waals surface area contributed by atoms with Crippen molar-refractivity contribution in [1.82, 2.24) is 19.8 Å². The molecule has 2 aromatic rings. The summed E-state index contributed by atoms with van der Waals surface area (Å²) in [5.74, 6) is 0. The zero-order valence-electron chi connectivity index (χ0n) is 15.6. The summed E-state index contributed by atoms with van der Waals surface area (Å²) in [4.78, 5) is 25.4. The monoisotopic (exact) mass is 353 g/mol. The Morgan fingerprint density at radius 1 is 1.23 bits per heavy atom. The van der Waals surface area contributed by atoms with Crippen LogP contribution in [-0.4, -0.2) is 52.0 Å². The van der Waals surface area contributed by atoms with Gasteiger partial charge in [-0.1, -0.05) is 6.07 Å². The molecule has 6 nitrogen and oxygen atoms in total. The van der Waals surface area contributed by atoms with Crippen molar-refractivity contribution in [1.29, 1.82) is 0 Å². The molecule has 0 aromatic carbocycles. The highest BCUT2D eigenvalue weighted by atomic mass is 16.2. The van der Waals surface area contributed by atoms with Crippen molar-refractivity contribution < 1.29 is 4.79 Å². The average molecular weight is 353 g/mol. The van der Waals surface area contributed by atoms with Gasteiger partial charge in [-0.15, -0.1) is 0 Å². The van der Waals surface area contributed by atoms with E-state index in [1.807, 2.05) is 42.3 Å². The number of anilines is 1. The average Bonchev–Trinajstić information content (AvgIpc) is 2.91. The first kappa shape index (κ1) is 18.3. The van der Waals surface area contributed by atoms with Gasteiger partial charge in [0.15, 0.2) is 0 Å². The zero-order valence-corrected chi connectivity index (χ0v) is 15.6. The van der Waals surface area contributed by atoms with Gasteiger partial charge >= 0.3 is 6.03 Å². The minimum atomic E-state index is -0.0383. The number of rotatable bonds is 4. The van der Waals surface area contributed by atoms with Crippen molar-refractivity contribution in [3.63, 3.8) is 0 Å². The Hall–Kier alpha value is -2.47. The van der Waals surface area contributed by atoms with Gasteiger partial charge in [-0.25, -0.2) is 4.79 Å². The maximum absolute atomic E-state index is 12.5. The zero-order chi connectivity index (χ0) is 18.4. The predicted octanol–water partition coefficient (Wildman–Crippen LogP) is 3.30. The molecule has 1 unspecified atom stereocenters. The summed E-state index contributed by atoms with van der Waals surface area (Å²) in [7, 11) is 2.15. The molecular formula is C20H27N5O. The van der Waals surface area contributed by atoms with Crippen LogP contribution in [0.1, 0.15) is 30.7 Å². The molecule has 1 atom stereocenters. The van der Waals surface area contributed by atoms with Crippen molar-refractivity contribution in [2.75, 3.05) is 25.5 Å². The quantitative estimate of drug-likeness (QED) is 0.916. The Morgan fingerprint density at radius 3 is 2.85 bits per heavy atom. The first-order chi connectivity index (χ1) is 12.6. The molecule has 0 aliphatic carbocycles. The van der Waals surface area contributed by atoms with Crippen LogP contribution < -0.4 is 5.32 Å². The van der Waals surface area contributed by atoms with Crippen molar-refractivity contribution in [3.8, 4) is 0 Å². The van der Waals surface area contributed by atoms with E-state index in [9.17, 15) is 4.79 Å². The fourth-order valence-corrected chi connectivity index (χ4v) is 3.34. The van der Waals surface area contributed by atoms with Gasteiger partial charge in [-0.3, -0.25) is 14.9 Å². The normalized spacial score (nSPS) is 17.8. The number of carbonyl (C=O) groups excluding carboxylic acids is 1. The van der Waals surface area contributed by atoms with Crippen LogP contribution in [0.5, 0.6) is 0 Å². The number of pyridine rings is 2. The molecule has 1 N–H and O–H groups in total. The number of hydrogen-bond acceptors (Lipinski definition) is 4. The third-order valence-corrected chi connectivity index (χ3v) is 4.91. The molecule has 1 aliphatic rings. The van der Waals surface area contributed by atoms with Crippen LogP contribution in [0.15, 0.2) is 42.7 Å². The topological polar surface area (TPSA) is 61.4 Å². The summed E-state index contributed by atoms with van der Waals surface area (Å²) in [5, 5.41) is 2.95. The molecule has 0 spiro atoms. The lowest BCUT2D eigenvalue weighted by atomic mass is 10.1. The number of aryl methyl sites for hydroxylation is 1. The second-order valence-electron chi connectivity index (χ2n) is 6.93. The summed E-state index contributed by atoms with van der Waals surface area (Å²) in [6.07, 6.45) is 6.62. The van der Waals surface area contributed by atoms with Crippen molar-refractivity contribution in [3.05, 3.63) is 54.1 Å². The van der Waals surface area contributed by atoms with Crippen LogP contribution in [-0.2, 0) is 6.54 Å². The van der Waals surface area contributed by atoms with E-state index < -0.39 is 0 Å². The third kappa shape index (κ3) is 5.02. The molecule has 2 aromatic heterocycles. The number of nitrogens with zero attached hydrogens (tertiary/aromatic N) is 4. The molecule has 3 heterocycles. The summed E-state index contributed by atoms with van der Waals surface area (Å²) in [6, 6.07) is 10.2. The highest BCUT2D eigenvalue weighted by Gasteiger charge is 2.23. The van der Waals surface area contributed by atoms with Crippen LogP contribution in [0.25, 0.3) is 0 Å². The van der Waals surface area contributed by atoms with E-state index in [0.717, 1.165) is 56.0 Å². The second-order valence-corrected chi connectivity index (χ2v) is 6.93. The maximum atomic E-state index is 12.5. The van der Waals surface area contributed by atoms with Crippen LogP contribution in [0, 0.1) is 6.92 Å². The van der Waals surface area contributed by atoms with Crippen LogP contribution >= 0.6 is 0 Å². The smallest absolute Gasteiger partial charge is 0.321 e. The van der Waals surface area contributed by atoms with Crippen LogP contribution in [0.2, 0.25) is 0 Å². The Morgan fingerprint density at radius 2 is 2.12 bits per heavy atom. The van der Waals surface area contributed by atoms with Gasteiger partial charge in [0.1, 0.15) is 0 Å². The summed E-state index contributed by atoms with van der Waals surface area (Å²) < 4.78 is 0. The molecule has 3 rings (SSSR count). The van der Waals surface area contributed by atoms with Crippen molar-refractivity contribution >= 4 is 11.7 Å². The molecule has 0 saturated carbocycles. The Bertz CT molecular complexity index is 704. The molecule has 6 heteroatoms. The summed E-state index contributed by atoms with van der Waals surface area (Å²) in [5.41, 5.74) is 2.77. The molecular weight excluding hydrogens is 326 g/mol. The minimum Gasteiger partial charge on any atom is -0.324 e. The Kier molecular flexibility index (Phi) is 6.17. The second kappa shape index (κ2) is 8.76. The Balaban J connectivity index is 1.52. The van der Waals surface area contributed by atoms with E-state index in [-0.39, 0.29) is 6.03 Å². The maximum Gasteiger partial charge on any atom is 0.321 e. The van der Waals surface area contributed by atoms with Crippen molar-refractivity contribution in [2.45, 2.75) is 38.8 Å². The van der Waals surface area contributed by atoms with Crippen LogP contribution in [0.4, 0.5) is 10.5 Å². The van der Waals surface area contributed by atoms with Gasteiger partial charge in [0.2, 0.25) is 0 Å². The van der Waals surface area contributed by atoms with Gasteiger partial charge < -0.3 is 10.2 Å². The summed E-state index contributed by atoms with van der Waals surface area (Å²) in [6.45, 7) is 4.33. The lowest BCUT2D eigenvalue weighted by Gasteiger charge is -2.27. The van der Waals surface area contributed by atoms with Crippen LogP contribution in [0.3, 0.4) is 0 Å². The van der Waals surface area contributed by atoms with E-state index in [2.05, 4.69) is 33.3 Å². The highest BCUT2D eigenvalue weighted by molar-refractivity contribution is 5.89. The van der Waals surface area contributed by atoms with Gasteiger partial charge in [-0.2, -0.15) is 0 Å².